The van der Waals surface area contributed by atoms with Crippen LogP contribution >= 0.6 is 0 Å². The second kappa shape index (κ2) is 6.37. The van der Waals surface area contributed by atoms with Crippen LogP contribution in [0.5, 0.6) is 0 Å². The highest BCUT2D eigenvalue weighted by molar-refractivity contribution is 5.86. The topological polar surface area (TPSA) is 62.1 Å². The number of nitrogens with one attached hydrogen (secondary N) is 1. The molecule has 1 aromatic heterocycles. The first-order valence-corrected chi connectivity index (χ1v) is 8.77. The number of nitrogens with zero attached hydrogens (tertiary/aromatic N) is 1. The van der Waals surface area contributed by atoms with E-state index >= 15 is 0 Å². The number of likely N-dealkylation sites (N-methyl/N-ethyl adjacent to an activating group) is 1. The van der Waals surface area contributed by atoms with Crippen molar-refractivity contribution in [1.29, 1.82) is 0 Å². The zero-order valence-electron chi connectivity index (χ0n) is 14.4. The van der Waals surface area contributed by atoms with Crippen LogP contribution in [-0.2, 0) is 24.1 Å². The van der Waals surface area contributed by atoms with Gasteiger partial charge in [0.1, 0.15) is 0 Å². The van der Waals surface area contributed by atoms with E-state index in [-0.39, 0.29) is 11.9 Å². The van der Waals surface area contributed by atoms with Crippen molar-refractivity contribution in [3.05, 3.63) is 71.4 Å². The minimum Gasteiger partial charge on any atom is -0.361 e. The largest absolute Gasteiger partial charge is 0.361 e. The summed E-state index contributed by atoms with van der Waals surface area (Å²) in [4.78, 5) is 17.9. The van der Waals surface area contributed by atoms with Crippen LogP contribution < -0.4 is 5.73 Å². The molecule has 128 valence electrons. The van der Waals surface area contributed by atoms with Gasteiger partial charge in [0, 0.05) is 30.2 Å². The van der Waals surface area contributed by atoms with Crippen molar-refractivity contribution in [2.75, 3.05) is 7.05 Å². The van der Waals surface area contributed by atoms with E-state index in [9.17, 15) is 4.79 Å². The van der Waals surface area contributed by atoms with E-state index in [2.05, 4.69) is 35.3 Å². The molecule has 1 heterocycles. The number of rotatable bonds is 4. The maximum Gasteiger partial charge on any atom is 0.239 e. The average Bonchev–Trinajstić information content (AvgIpc) is 3.25. The lowest BCUT2D eigenvalue weighted by Gasteiger charge is -2.27. The minimum absolute atomic E-state index is 0.0167. The monoisotopic (exact) mass is 333 g/mol. The first-order chi connectivity index (χ1) is 12.1. The molecular weight excluding hydrogens is 310 g/mol. The molecule has 1 aliphatic rings. The third-order valence-electron chi connectivity index (χ3n) is 5.36. The Morgan fingerprint density at radius 3 is 2.52 bits per heavy atom. The summed E-state index contributed by atoms with van der Waals surface area (Å²) in [5, 5.41) is 1.14. The number of aromatic nitrogens is 1. The van der Waals surface area contributed by atoms with Gasteiger partial charge in [0.25, 0.3) is 0 Å². The van der Waals surface area contributed by atoms with Gasteiger partial charge in [-0.2, -0.15) is 0 Å². The van der Waals surface area contributed by atoms with Gasteiger partial charge in [-0.15, -0.1) is 0 Å². The molecule has 0 saturated carbocycles. The molecule has 0 spiro atoms. The van der Waals surface area contributed by atoms with Crippen molar-refractivity contribution in [2.24, 2.45) is 5.73 Å². The molecule has 0 saturated heterocycles. The number of carbonyl (C=O) groups excluding carboxylic acids is 1. The van der Waals surface area contributed by atoms with Crippen LogP contribution in [-0.4, -0.2) is 34.9 Å². The van der Waals surface area contributed by atoms with Crippen LogP contribution in [0.25, 0.3) is 10.9 Å². The van der Waals surface area contributed by atoms with Crippen LogP contribution in [0, 0.1) is 0 Å². The standard InChI is InChI=1S/C21H23N3O/c1-24(17-10-14-6-2-3-7-15(14)11-17)21(25)19(22)12-16-13-23-20-9-5-4-8-18(16)20/h2-9,13,17,19,23H,10-12,22H2,1H3/t19-/m0/s1. The lowest BCUT2D eigenvalue weighted by atomic mass is 10.0. The number of hydrogen-bond acceptors (Lipinski definition) is 2. The van der Waals surface area contributed by atoms with Gasteiger partial charge in [-0.05, 0) is 42.0 Å². The number of fused-ring (bicyclic) bond motifs is 2. The fourth-order valence-corrected chi connectivity index (χ4v) is 3.88. The van der Waals surface area contributed by atoms with Crippen molar-refractivity contribution in [2.45, 2.75) is 31.3 Å². The fraction of sp³-hybridized carbons (Fsp3) is 0.286. The smallest absolute Gasteiger partial charge is 0.239 e. The Morgan fingerprint density at radius 2 is 1.80 bits per heavy atom. The summed E-state index contributed by atoms with van der Waals surface area (Å²) < 4.78 is 0. The molecular formula is C21H23N3O. The fourth-order valence-electron chi connectivity index (χ4n) is 3.88. The highest BCUT2D eigenvalue weighted by atomic mass is 16.2. The predicted octanol–water partition coefficient (Wildman–Crippen LogP) is 2.66. The van der Waals surface area contributed by atoms with E-state index < -0.39 is 6.04 Å². The second-order valence-corrected chi connectivity index (χ2v) is 6.95. The predicted molar refractivity (Wildman–Crippen MR) is 100 cm³/mol. The first kappa shape index (κ1) is 15.9. The van der Waals surface area contributed by atoms with Gasteiger partial charge in [0.15, 0.2) is 0 Å². The van der Waals surface area contributed by atoms with Gasteiger partial charge in [0.2, 0.25) is 5.91 Å². The van der Waals surface area contributed by atoms with Crippen LogP contribution in [0.4, 0.5) is 0 Å². The zero-order chi connectivity index (χ0) is 17.4. The average molecular weight is 333 g/mol. The van der Waals surface area contributed by atoms with Crippen molar-refractivity contribution in [3.63, 3.8) is 0 Å². The van der Waals surface area contributed by atoms with Gasteiger partial charge in [-0.1, -0.05) is 42.5 Å². The molecule has 0 unspecified atom stereocenters. The number of benzene rings is 2. The zero-order valence-corrected chi connectivity index (χ0v) is 14.4. The first-order valence-electron chi connectivity index (χ1n) is 8.77. The van der Waals surface area contributed by atoms with Gasteiger partial charge in [0.05, 0.1) is 6.04 Å². The summed E-state index contributed by atoms with van der Waals surface area (Å²) in [7, 11) is 1.88. The molecule has 4 heteroatoms. The number of H-pyrrole nitrogens is 1. The Morgan fingerprint density at radius 1 is 1.16 bits per heavy atom. The number of amides is 1. The van der Waals surface area contributed by atoms with Crippen molar-refractivity contribution in [1.82, 2.24) is 9.88 Å². The molecule has 1 amide bonds. The Kier molecular flexibility index (Phi) is 4.06. The van der Waals surface area contributed by atoms with Crippen LogP contribution in [0.15, 0.2) is 54.7 Å². The molecule has 0 fully saturated rings. The molecule has 3 aromatic rings. The van der Waals surface area contributed by atoms with Crippen LogP contribution in [0.1, 0.15) is 16.7 Å². The molecule has 0 aliphatic heterocycles. The number of para-hydroxylation sites is 1. The van der Waals surface area contributed by atoms with Gasteiger partial charge >= 0.3 is 0 Å². The summed E-state index contributed by atoms with van der Waals surface area (Å²) >= 11 is 0. The lowest BCUT2D eigenvalue weighted by Crippen LogP contribution is -2.47. The van der Waals surface area contributed by atoms with E-state index in [1.807, 2.05) is 36.3 Å². The number of carbonyl (C=O) groups is 1. The summed E-state index contributed by atoms with van der Waals surface area (Å²) in [6.07, 6.45) is 4.34. The molecule has 1 atom stereocenters. The van der Waals surface area contributed by atoms with Crippen molar-refractivity contribution < 1.29 is 4.79 Å². The van der Waals surface area contributed by atoms with E-state index in [0.717, 1.165) is 29.3 Å². The van der Waals surface area contributed by atoms with E-state index in [1.165, 1.54) is 11.1 Å². The molecule has 1 aliphatic carbocycles. The second-order valence-electron chi connectivity index (χ2n) is 6.95. The maximum atomic E-state index is 12.8. The van der Waals surface area contributed by atoms with E-state index in [4.69, 9.17) is 5.73 Å². The van der Waals surface area contributed by atoms with E-state index in [0.29, 0.717) is 6.42 Å². The summed E-state index contributed by atoms with van der Waals surface area (Å²) in [6, 6.07) is 16.2. The summed E-state index contributed by atoms with van der Waals surface area (Å²) in [5.41, 5.74) is 11.1. The van der Waals surface area contributed by atoms with Gasteiger partial charge in [-0.25, -0.2) is 0 Å². The molecule has 0 bridgehead atoms. The highest BCUT2D eigenvalue weighted by Gasteiger charge is 2.29. The minimum atomic E-state index is -0.520. The Bertz CT molecular complexity index is 889. The Balaban J connectivity index is 1.45. The molecule has 25 heavy (non-hydrogen) atoms. The summed E-state index contributed by atoms with van der Waals surface area (Å²) in [6.45, 7) is 0. The maximum absolute atomic E-state index is 12.8. The van der Waals surface area contributed by atoms with Gasteiger partial charge < -0.3 is 15.6 Å². The molecule has 0 radical (unpaired) electrons. The number of hydrogen-bond donors (Lipinski definition) is 2. The van der Waals surface area contributed by atoms with Gasteiger partial charge in [-0.3, -0.25) is 4.79 Å². The SMILES string of the molecule is CN(C(=O)[C@@H](N)Cc1c[nH]c2ccccc12)C1Cc2ccccc2C1. The highest BCUT2D eigenvalue weighted by Crippen LogP contribution is 2.25. The van der Waals surface area contributed by atoms with Crippen molar-refractivity contribution in [3.8, 4) is 0 Å². The normalized spacial score (nSPS) is 15.3. The molecule has 3 N–H and O–H groups in total. The van der Waals surface area contributed by atoms with Crippen LogP contribution in [0.3, 0.4) is 0 Å². The van der Waals surface area contributed by atoms with E-state index in [1.54, 1.807) is 0 Å². The lowest BCUT2D eigenvalue weighted by molar-refractivity contribution is -0.133. The Hall–Kier alpha value is -2.59. The third-order valence-corrected chi connectivity index (χ3v) is 5.36. The number of aromatic amines is 1. The molecule has 4 rings (SSSR count). The van der Waals surface area contributed by atoms with Crippen LogP contribution in [0.2, 0.25) is 0 Å². The summed E-state index contributed by atoms with van der Waals surface area (Å²) in [5.74, 6) is 0.0167. The quantitative estimate of drug-likeness (QED) is 0.771. The molecule has 2 aromatic carbocycles. The Labute approximate surface area is 147 Å². The molecule has 4 nitrogen and oxygen atoms in total. The number of nitrogens with two attached hydrogens (primary N) is 1. The van der Waals surface area contributed by atoms with Crippen molar-refractivity contribution >= 4 is 16.8 Å². The third kappa shape index (κ3) is 2.94.